The minimum absolute atomic E-state index is 0.326. The minimum Gasteiger partial charge on any atom is -0.340 e. The fraction of sp³-hybridized carbons (Fsp3) is 0.833. The minimum atomic E-state index is -0.326. The van der Waals surface area contributed by atoms with Crippen LogP contribution in [0.15, 0.2) is 5.22 Å². The maximum Gasteiger partial charge on any atom is 0.338 e. The van der Waals surface area contributed by atoms with E-state index >= 15 is 0 Å². The predicted molar refractivity (Wildman–Crippen MR) is 41.2 cm³/mol. The molecule has 0 radical (unpaired) electrons. The van der Waals surface area contributed by atoms with Gasteiger partial charge >= 0.3 is 6.03 Å². The molecular formula is C6H14N4O. The lowest BCUT2D eigenvalue weighted by Crippen LogP contribution is -2.34. The Kier molecular flexibility index (Phi) is 5.06. The van der Waals surface area contributed by atoms with Crippen molar-refractivity contribution in [1.82, 2.24) is 10.3 Å². The third-order valence-corrected chi connectivity index (χ3v) is 1.29. The van der Waals surface area contributed by atoms with Crippen molar-refractivity contribution in [1.29, 1.82) is 5.53 Å². The Morgan fingerprint density at radius 3 is 2.73 bits per heavy atom. The predicted octanol–water partition coefficient (Wildman–Crippen LogP) is 1.37. The van der Waals surface area contributed by atoms with Gasteiger partial charge in [0.25, 0.3) is 0 Å². The van der Waals surface area contributed by atoms with E-state index in [1.807, 2.05) is 6.92 Å². The molecule has 0 saturated carbocycles. The molecule has 0 atom stereocenters. The lowest BCUT2D eigenvalue weighted by Gasteiger charge is -2.12. The third kappa shape index (κ3) is 3.54. The van der Waals surface area contributed by atoms with Crippen LogP contribution in [0.3, 0.4) is 0 Å². The van der Waals surface area contributed by atoms with E-state index in [1.165, 1.54) is 7.05 Å². The van der Waals surface area contributed by atoms with E-state index in [9.17, 15) is 4.79 Å². The van der Waals surface area contributed by atoms with Crippen LogP contribution in [0.25, 0.3) is 0 Å². The number of rotatable bonds is 4. The zero-order valence-corrected chi connectivity index (χ0v) is 6.92. The van der Waals surface area contributed by atoms with Crippen molar-refractivity contribution in [2.24, 2.45) is 5.22 Å². The Labute approximate surface area is 66.2 Å². The van der Waals surface area contributed by atoms with Gasteiger partial charge in [-0.05, 0) is 6.42 Å². The number of carbonyl (C=O) groups excluding carboxylic acids is 1. The summed E-state index contributed by atoms with van der Waals surface area (Å²) in [4.78, 5) is 10.8. The zero-order valence-electron chi connectivity index (χ0n) is 6.92. The summed E-state index contributed by atoms with van der Waals surface area (Å²) in [6.45, 7) is 2.53. The van der Waals surface area contributed by atoms with E-state index in [0.717, 1.165) is 17.9 Å². The van der Waals surface area contributed by atoms with Crippen LogP contribution < -0.4 is 5.32 Å². The van der Waals surface area contributed by atoms with Crippen LogP contribution >= 0.6 is 0 Å². The maximum absolute atomic E-state index is 10.8. The van der Waals surface area contributed by atoms with Gasteiger partial charge < -0.3 is 5.32 Å². The van der Waals surface area contributed by atoms with Crippen molar-refractivity contribution in [3.63, 3.8) is 0 Å². The van der Waals surface area contributed by atoms with Gasteiger partial charge in [0.1, 0.15) is 0 Å². The molecule has 2 amide bonds. The highest BCUT2D eigenvalue weighted by molar-refractivity contribution is 5.73. The van der Waals surface area contributed by atoms with Gasteiger partial charge in [-0.2, -0.15) is 10.5 Å². The molecule has 0 fully saturated rings. The standard InChI is InChI=1S/C6H14N4O/c1-3-4-5-10(9-7)6(11)8-2/h7H,3-5H2,1-2H3,(H,8,11). The number of urea groups is 1. The van der Waals surface area contributed by atoms with Crippen molar-refractivity contribution >= 4 is 6.03 Å². The van der Waals surface area contributed by atoms with Crippen molar-refractivity contribution < 1.29 is 4.79 Å². The molecule has 0 aromatic heterocycles. The van der Waals surface area contributed by atoms with Crippen molar-refractivity contribution in [3.8, 4) is 0 Å². The monoisotopic (exact) mass is 158 g/mol. The van der Waals surface area contributed by atoms with Gasteiger partial charge in [0.15, 0.2) is 0 Å². The van der Waals surface area contributed by atoms with Crippen LogP contribution in [0.1, 0.15) is 19.8 Å². The fourth-order valence-corrected chi connectivity index (χ4v) is 0.634. The molecular weight excluding hydrogens is 144 g/mol. The molecule has 0 bridgehead atoms. The van der Waals surface area contributed by atoms with Crippen molar-refractivity contribution in [3.05, 3.63) is 0 Å². The van der Waals surface area contributed by atoms with Crippen LogP contribution in [0.5, 0.6) is 0 Å². The van der Waals surface area contributed by atoms with Crippen LogP contribution in [-0.4, -0.2) is 24.6 Å². The van der Waals surface area contributed by atoms with Gasteiger partial charge in [-0.15, -0.1) is 0 Å². The highest BCUT2D eigenvalue weighted by Gasteiger charge is 2.07. The van der Waals surface area contributed by atoms with Gasteiger partial charge in [-0.1, -0.05) is 18.6 Å². The SMILES string of the molecule is CCCCN(N=N)C(=O)NC. The molecule has 64 valence electrons. The second-order valence-electron chi connectivity index (χ2n) is 2.13. The highest BCUT2D eigenvalue weighted by atomic mass is 16.2. The Bertz CT molecular complexity index is 137. The van der Waals surface area contributed by atoms with Crippen LogP contribution in [0.4, 0.5) is 4.79 Å². The average Bonchev–Trinajstić information content (AvgIpc) is 2.05. The first-order chi connectivity index (χ1) is 5.26. The lowest BCUT2D eigenvalue weighted by atomic mass is 10.3. The summed E-state index contributed by atoms with van der Waals surface area (Å²) >= 11 is 0. The lowest BCUT2D eigenvalue weighted by molar-refractivity contribution is 0.195. The van der Waals surface area contributed by atoms with E-state index in [0.29, 0.717) is 6.54 Å². The topological polar surface area (TPSA) is 68.5 Å². The number of hydrogen-bond donors (Lipinski definition) is 2. The van der Waals surface area contributed by atoms with Crippen LogP contribution in [0.2, 0.25) is 0 Å². The molecule has 2 N–H and O–H groups in total. The molecule has 11 heavy (non-hydrogen) atoms. The average molecular weight is 158 g/mol. The molecule has 5 heteroatoms. The molecule has 0 aliphatic heterocycles. The molecule has 0 heterocycles. The van der Waals surface area contributed by atoms with Gasteiger partial charge in [0.2, 0.25) is 0 Å². The zero-order chi connectivity index (χ0) is 8.69. The summed E-state index contributed by atoms with van der Waals surface area (Å²) in [5.74, 6) is 0. The van der Waals surface area contributed by atoms with E-state index in [-0.39, 0.29) is 6.03 Å². The molecule has 0 aliphatic rings. The van der Waals surface area contributed by atoms with Gasteiger partial charge in [-0.3, -0.25) is 0 Å². The smallest absolute Gasteiger partial charge is 0.338 e. The number of nitrogens with zero attached hydrogens (tertiary/aromatic N) is 2. The fourth-order valence-electron chi connectivity index (χ4n) is 0.634. The largest absolute Gasteiger partial charge is 0.340 e. The second kappa shape index (κ2) is 5.64. The van der Waals surface area contributed by atoms with Crippen LogP contribution in [-0.2, 0) is 0 Å². The summed E-state index contributed by atoms with van der Waals surface area (Å²) in [6.07, 6.45) is 1.86. The number of hydrogen-bond acceptors (Lipinski definition) is 3. The summed E-state index contributed by atoms with van der Waals surface area (Å²) < 4.78 is 0. The molecule has 0 aromatic rings. The first-order valence-corrected chi connectivity index (χ1v) is 3.62. The van der Waals surface area contributed by atoms with E-state index in [4.69, 9.17) is 5.53 Å². The molecule has 0 unspecified atom stereocenters. The van der Waals surface area contributed by atoms with Crippen molar-refractivity contribution in [2.45, 2.75) is 19.8 Å². The molecule has 0 aliphatic carbocycles. The van der Waals surface area contributed by atoms with E-state index in [2.05, 4.69) is 10.5 Å². The molecule has 0 aromatic carbocycles. The molecule has 0 spiro atoms. The molecule has 5 nitrogen and oxygen atoms in total. The Morgan fingerprint density at radius 2 is 2.36 bits per heavy atom. The molecule has 0 saturated heterocycles. The summed E-state index contributed by atoms with van der Waals surface area (Å²) in [7, 11) is 1.52. The van der Waals surface area contributed by atoms with Gasteiger partial charge in [-0.25, -0.2) is 4.79 Å². The first-order valence-electron chi connectivity index (χ1n) is 3.62. The number of amides is 2. The maximum atomic E-state index is 10.8. The number of carbonyl (C=O) groups is 1. The van der Waals surface area contributed by atoms with Gasteiger partial charge in [0, 0.05) is 13.6 Å². The third-order valence-electron chi connectivity index (χ3n) is 1.29. The van der Waals surface area contributed by atoms with Crippen LogP contribution in [0, 0.1) is 5.53 Å². The highest BCUT2D eigenvalue weighted by Crippen LogP contribution is 1.95. The van der Waals surface area contributed by atoms with E-state index < -0.39 is 0 Å². The first kappa shape index (κ1) is 9.87. The summed E-state index contributed by atoms with van der Waals surface area (Å²) in [5.41, 5.74) is 6.66. The summed E-state index contributed by atoms with van der Waals surface area (Å²) in [5, 5.41) is 6.57. The number of unbranched alkanes of at least 4 members (excludes halogenated alkanes) is 1. The Morgan fingerprint density at radius 1 is 1.73 bits per heavy atom. The number of nitrogens with one attached hydrogen (secondary N) is 2. The normalized spacial score (nSPS) is 8.91. The Hall–Kier alpha value is -1.13. The Balaban J connectivity index is 3.74. The quantitative estimate of drug-likeness (QED) is 0.471. The van der Waals surface area contributed by atoms with Gasteiger partial charge in [0.05, 0.1) is 0 Å². The van der Waals surface area contributed by atoms with Crippen molar-refractivity contribution in [2.75, 3.05) is 13.6 Å². The summed E-state index contributed by atoms with van der Waals surface area (Å²) in [6, 6.07) is -0.326. The molecule has 0 rings (SSSR count). The van der Waals surface area contributed by atoms with E-state index in [1.54, 1.807) is 0 Å². The second-order valence-corrected chi connectivity index (χ2v) is 2.13.